The number of hydrogen-bond acceptors (Lipinski definition) is 11. The van der Waals surface area contributed by atoms with Gasteiger partial charge in [0.2, 0.25) is 0 Å². The van der Waals surface area contributed by atoms with Crippen molar-refractivity contribution < 1.29 is 47.7 Å². The van der Waals surface area contributed by atoms with E-state index in [1.54, 1.807) is 0 Å². The first-order valence-electron chi connectivity index (χ1n) is 24.3. The van der Waals surface area contributed by atoms with Crippen molar-refractivity contribution in [2.75, 3.05) is 32.9 Å². The molecule has 5 unspecified atom stereocenters. The summed E-state index contributed by atoms with van der Waals surface area (Å²) < 4.78 is 29.0. The van der Waals surface area contributed by atoms with Crippen molar-refractivity contribution in [3.05, 3.63) is 12.2 Å². The topological polar surface area (TPSA) is 144 Å². The molecule has 0 aromatic rings. The Morgan fingerprint density at radius 1 is 0.667 bits per heavy atom. The number of esters is 5. The van der Waals surface area contributed by atoms with Crippen molar-refractivity contribution in [2.45, 2.75) is 214 Å². The molecule has 11 heteroatoms. The molecule has 11 nitrogen and oxygen atoms in total. The molecule has 346 valence electrons. The largest absolute Gasteiger partial charge is 0.466 e. The van der Waals surface area contributed by atoms with Crippen LogP contribution in [0.4, 0.5) is 0 Å². The average molecular weight is 848 g/mol. The summed E-state index contributed by atoms with van der Waals surface area (Å²) in [6, 6.07) is 0. The van der Waals surface area contributed by atoms with E-state index in [0.717, 1.165) is 103 Å². The summed E-state index contributed by atoms with van der Waals surface area (Å²) in [6.07, 6.45) is 24.5. The van der Waals surface area contributed by atoms with Crippen molar-refractivity contribution in [3.63, 3.8) is 0 Å². The van der Waals surface area contributed by atoms with Crippen molar-refractivity contribution in [2.24, 2.45) is 23.2 Å². The molecule has 2 aliphatic rings. The summed E-state index contributed by atoms with van der Waals surface area (Å²) in [5, 5.41) is 3.28. The van der Waals surface area contributed by atoms with Gasteiger partial charge in [-0.15, -0.1) is 0 Å². The monoisotopic (exact) mass is 848 g/mol. The molecule has 2 fully saturated rings. The van der Waals surface area contributed by atoms with Gasteiger partial charge in [-0.05, 0) is 90.0 Å². The molecule has 0 bridgehead atoms. The molecular weight excluding hydrogens is 763 g/mol. The zero-order valence-electron chi connectivity index (χ0n) is 38.5. The highest BCUT2D eigenvalue weighted by Gasteiger charge is 2.44. The van der Waals surface area contributed by atoms with E-state index in [2.05, 4.69) is 45.2 Å². The van der Waals surface area contributed by atoms with Gasteiger partial charge in [0, 0.05) is 50.5 Å². The van der Waals surface area contributed by atoms with E-state index in [1.165, 1.54) is 19.3 Å². The number of carbonyl (C=O) groups excluding carboxylic acids is 5. The fraction of sp³-hybridized carbons (Fsp3) is 0.857. The van der Waals surface area contributed by atoms with Crippen LogP contribution in [-0.4, -0.2) is 75.0 Å². The highest BCUT2D eigenvalue weighted by atomic mass is 16.6. The second-order valence-corrected chi connectivity index (χ2v) is 17.8. The standard InChI is InChI=1S/C49H85NO10/c1-6-10-14-15-16-20-24-41(59-46(53)28-22-21-23-39(36-57-44(51)26-18-12-8-3)37-58-45(52)27-19-13-9-4)31-34-56-47(54)35-40-29-30-43(42(40)25-17-11-7-2)60-48(55)49(5)32-33-50-38-49/h11,17,39-43,50H,6-10,12-16,18-38H2,1-5H3/b17-11-. The molecule has 1 N–H and O–H groups in total. The van der Waals surface area contributed by atoms with Gasteiger partial charge in [0.15, 0.2) is 0 Å². The fourth-order valence-electron chi connectivity index (χ4n) is 8.30. The number of allylic oxidation sites excluding steroid dienone is 2. The van der Waals surface area contributed by atoms with Crippen LogP contribution in [0.25, 0.3) is 0 Å². The lowest BCUT2D eigenvalue weighted by atomic mass is 9.87. The Morgan fingerprint density at radius 2 is 1.27 bits per heavy atom. The summed E-state index contributed by atoms with van der Waals surface area (Å²) in [6.45, 7) is 12.4. The maximum atomic E-state index is 13.2. The lowest BCUT2D eigenvalue weighted by Crippen LogP contribution is -2.36. The third kappa shape index (κ3) is 23.3. The van der Waals surface area contributed by atoms with Crippen LogP contribution >= 0.6 is 0 Å². The van der Waals surface area contributed by atoms with Gasteiger partial charge in [-0.2, -0.15) is 0 Å². The summed E-state index contributed by atoms with van der Waals surface area (Å²) in [7, 11) is 0. The van der Waals surface area contributed by atoms with Crippen LogP contribution in [0, 0.1) is 23.2 Å². The molecule has 0 radical (unpaired) electrons. The minimum Gasteiger partial charge on any atom is -0.466 e. The van der Waals surface area contributed by atoms with Gasteiger partial charge in [-0.25, -0.2) is 0 Å². The number of ether oxygens (including phenoxy) is 5. The number of rotatable bonds is 35. The van der Waals surface area contributed by atoms with Crippen molar-refractivity contribution in [1.82, 2.24) is 5.32 Å². The third-order valence-electron chi connectivity index (χ3n) is 12.3. The number of unbranched alkanes of at least 4 members (excludes halogenated alkanes) is 10. The molecular formula is C49H85NO10. The minimum atomic E-state index is -0.504. The molecule has 1 saturated heterocycles. The van der Waals surface area contributed by atoms with E-state index in [1.807, 2.05) is 6.92 Å². The van der Waals surface area contributed by atoms with Crippen molar-refractivity contribution in [1.29, 1.82) is 0 Å². The Hall–Kier alpha value is -2.95. The molecule has 1 saturated carbocycles. The smallest absolute Gasteiger partial charge is 0.313 e. The van der Waals surface area contributed by atoms with Crippen LogP contribution in [-0.2, 0) is 47.7 Å². The molecule has 0 aromatic heterocycles. The van der Waals surface area contributed by atoms with Gasteiger partial charge in [-0.1, -0.05) is 104 Å². The van der Waals surface area contributed by atoms with Crippen LogP contribution in [0.15, 0.2) is 12.2 Å². The number of hydrogen-bond donors (Lipinski definition) is 1. The molecule has 5 atom stereocenters. The van der Waals surface area contributed by atoms with Gasteiger partial charge in [0.25, 0.3) is 0 Å². The van der Waals surface area contributed by atoms with E-state index >= 15 is 0 Å². The van der Waals surface area contributed by atoms with Gasteiger partial charge in [0.1, 0.15) is 12.2 Å². The maximum absolute atomic E-state index is 13.2. The first-order valence-corrected chi connectivity index (χ1v) is 24.3. The Morgan fingerprint density at radius 3 is 1.90 bits per heavy atom. The SMILES string of the molecule is CC/C=C\CC1C(CC(=O)OCCC(CCCCCCCC)OC(=O)CCCCC(COC(=O)CCCCC)COC(=O)CCCCC)CCC1OC(=O)C1(C)CCNC1. The molecule has 0 spiro atoms. The van der Waals surface area contributed by atoms with E-state index in [9.17, 15) is 24.0 Å². The molecule has 1 aliphatic heterocycles. The summed E-state index contributed by atoms with van der Waals surface area (Å²) in [5.74, 6) is -1.13. The van der Waals surface area contributed by atoms with Crippen molar-refractivity contribution >= 4 is 29.8 Å². The Labute approximate surface area is 363 Å². The summed E-state index contributed by atoms with van der Waals surface area (Å²) in [5.41, 5.74) is -0.504. The third-order valence-corrected chi connectivity index (χ3v) is 12.3. The van der Waals surface area contributed by atoms with Crippen molar-refractivity contribution in [3.8, 4) is 0 Å². The first kappa shape index (κ1) is 53.2. The van der Waals surface area contributed by atoms with Crippen LogP contribution in [0.3, 0.4) is 0 Å². The molecule has 1 aliphatic carbocycles. The lowest BCUT2D eigenvalue weighted by Gasteiger charge is -2.28. The highest BCUT2D eigenvalue weighted by molar-refractivity contribution is 5.77. The van der Waals surface area contributed by atoms with Crippen LogP contribution < -0.4 is 5.32 Å². The van der Waals surface area contributed by atoms with E-state index in [0.29, 0.717) is 45.1 Å². The Kier molecular flexibility index (Phi) is 29.0. The van der Waals surface area contributed by atoms with Gasteiger partial charge < -0.3 is 29.0 Å². The summed E-state index contributed by atoms with van der Waals surface area (Å²) >= 11 is 0. The maximum Gasteiger partial charge on any atom is 0.313 e. The molecule has 2 rings (SSSR count). The Balaban J connectivity index is 1.89. The van der Waals surface area contributed by atoms with E-state index in [4.69, 9.17) is 23.7 Å². The highest BCUT2D eigenvalue weighted by Crippen LogP contribution is 2.40. The zero-order valence-corrected chi connectivity index (χ0v) is 38.5. The first-order chi connectivity index (χ1) is 29.0. The van der Waals surface area contributed by atoms with E-state index < -0.39 is 5.41 Å². The number of nitrogens with one attached hydrogen (secondary N) is 1. The van der Waals surface area contributed by atoms with E-state index in [-0.39, 0.29) is 92.5 Å². The molecule has 60 heavy (non-hydrogen) atoms. The van der Waals surface area contributed by atoms with Crippen LogP contribution in [0.2, 0.25) is 0 Å². The van der Waals surface area contributed by atoms with Crippen LogP contribution in [0.1, 0.15) is 202 Å². The number of carbonyl (C=O) groups is 5. The average Bonchev–Trinajstić information content (AvgIpc) is 3.84. The lowest BCUT2D eigenvalue weighted by molar-refractivity contribution is -0.161. The second-order valence-electron chi connectivity index (χ2n) is 17.8. The normalized spacial score (nSPS) is 20.7. The zero-order chi connectivity index (χ0) is 43.9. The van der Waals surface area contributed by atoms with Gasteiger partial charge in [-0.3, -0.25) is 24.0 Å². The molecule has 0 aromatic carbocycles. The van der Waals surface area contributed by atoms with Crippen LogP contribution in [0.5, 0.6) is 0 Å². The quantitative estimate of drug-likeness (QED) is 0.0282. The Bertz CT molecular complexity index is 1200. The van der Waals surface area contributed by atoms with Gasteiger partial charge in [0.05, 0.1) is 25.2 Å². The summed E-state index contributed by atoms with van der Waals surface area (Å²) in [4.78, 5) is 64.1. The predicted octanol–water partition coefficient (Wildman–Crippen LogP) is 10.7. The molecule has 0 amide bonds. The van der Waals surface area contributed by atoms with Gasteiger partial charge >= 0.3 is 29.8 Å². The minimum absolute atomic E-state index is 0.0649. The fourth-order valence-corrected chi connectivity index (χ4v) is 8.30. The second kappa shape index (κ2) is 32.7. The molecule has 1 heterocycles. The predicted molar refractivity (Wildman–Crippen MR) is 236 cm³/mol.